The van der Waals surface area contributed by atoms with Crippen molar-refractivity contribution in [2.45, 2.75) is 69.1 Å². The van der Waals surface area contributed by atoms with Crippen LogP contribution in [0.3, 0.4) is 0 Å². The molecule has 216 valence electrons. The smallest absolute Gasteiger partial charge is 0.326 e. The van der Waals surface area contributed by atoms with Gasteiger partial charge in [0.15, 0.2) is 0 Å². The topological polar surface area (TPSA) is 277 Å². The summed E-state index contributed by atoms with van der Waals surface area (Å²) in [5, 5.41) is 34.5. The Morgan fingerprint density at radius 1 is 0.795 bits per heavy atom. The number of carbonyl (C=O) groups is 6. The molecule has 0 radical (unpaired) electrons. The fraction of sp³-hybridized carbons (Fsp3) is 0.500. The number of unbranched alkanes of at least 4 members (excludes halogenated alkanes) is 1. The highest BCUT2D eigenvalue weighted by molar-refractivity contribution is 5.95. The number of aromatic hydroxyl groups is 1. The third kappa shape index (κ3) is 12.7. The summed E-state index contributed by atoms with van der Waals surface area (Å²) in [6.07, 6.45) is -0.444. The van der Waals surface area contributed by atoms with Crippen LogP contribution >= 0.6 is 0 Å². The molecule has 1 aromatic rings. The predicted octanol–water partition coefficient (Wildman–Crippen LogP) is -2.33. The minimum Gasteiger partial charge on any atom is -0.508 e. The molecule has 4 amide bonds. The van der Waals surface area contributed by atoms with Crippen LogP contribution in [-0.2, 0) is 35.2 Å². The van der Waals surface area contributed by atoms with Crippen LogP contribution in [0.5, 0.6) is 5.75 Å². The van der Waals surface area contributed by atoms with Crippen LogP contribution in [0.2, 0.25) is 0 Å². The predicted molar refractivity (Wildman–Crippen MR) is 137 cm³/mol. The van der Waals surface area contributed by atoms with Gasteiger partial charge in [0.1, 0.15) is 23.9 Å². The summed E-state index contributed by atoms with van der Waals surface area (Å²) in [5.74, 6) is -6.29. The fourth-order valence-corrected chi connectivity index (χ4v) is 3.49. The number of carbonyl (C=O) groups excluding carboxylic acids is 4. The Balaban J connectivity index is 3.02. The van der Waals surface area contributed by atoms with Gasteiger partial charge in [0.25, 0.3) is 0 Å². The molecule has 0 fully saturated rings. The van der Waals surface area contributed by atoms with E-state index in [2.05, 4.69) is 16.0 Å². The van der Waals surface area contributed by atoms with Gasteiger partial charge in [-0.15, -0.1) is 0 Å². The second kappa shape index (κ2) is 16.6. The number of carboxylic acid groups (broad SMARTS) is 2. The highest BCUT2D eigenvalue weighted by atomic mass is 16.4. The number of hydrogen-bond donors (Lipinski definition) is 9. The largest absolute Gasteiger partial charge is 0.508 e. The first-order chi connectivity index (χ1) is 18.3. The molecule has 39 heavy (non-hydrogen) atoms. The average molecular weight is 553 g/mol. The van der Waals surface area contributed by atoms with Gasteiger partial charge in [0.2, 0.25) is 23.6 Å². The van der Waals surface area contributed by atoms with Gasteiger partial charge in [-0.1, -0.05) is 12.1 Å². The minimum absolute atomic E-state index is 0.0302. The molecule has 1 aromatic carbocycles. The molecule has 15 nitrogen and oxygen atoms in total. The van der Waals surface area contributed by atoms with Crippen LogP contribution in [0.1, 0.15) is 44.1 Å². The number of primary amides is 1. The van der Waals surface area contributed by atoms with Crippen molar-refractivity contribution >= 4 is 35.6 Å². The molecule has 0 aliphatic carbocycles. The van der Waals surface area contributed by atoms with E-state index < -0.39 is 66.2 Å². The summed E-state index contributed by atoms with van der Waals surface area (Å²) in [6, 6.07) is 0.516. The lowest BCUT2D eigenvalue weighted by Crippen LogP contribution is -2.57. The molecule has 0 aliphatic rings. The van der Waals surface area contributed by atoms with Crippen molar-refractivity contribution in [2.75, 3.05) is 6.54 Å². The lowest BCUT2D eigenvalue weighted by atomic mass is 10.0. The molecule has 0 aromatic heterocycles. The SMILES string of the molecule is NCCCCC(NC(=O)C(CCC(N)=O)NC(=O)C(N)Cc1ccc(O)cc1)C(=O)NC(CC(=O)O)C(=O)O. The quantitative estimate of drug-likeness (QED) is 0.0871. The number of nitrogens with two attached hydrogens (primary N) is 3. The van der Waals surface area contributed by atoms with E-state index in [-0.39, 0.29) is 38.0 Å². The number of amides is 4. The molecule has 4 atom stereocenters. The molecular weight excluding hydrogens is 516 g/mol. The number of carboxylic acids is 2. The van der Waals surface area contributed by atoms with Crippen molar-refractivity contribution in [2.24, 2.45) is 17.2 Å². The Morgan fingerprint density at radius 3 is 1.85 bits per heavy atom. The van der Waals surface area contributed by atoms with Crippen molar-refractivity contribution in [3.8, 4) is 5.75 Å². The van der Waals surface area contributed by atoms with Gasteiger partial charge in [-0.25, -0.2) is 4.79 Å². The lowest BCUT2D eigenvalue weighted by molar-refractivity contribution is -0.147. The number of nitrogens with one attached hydrogen (secondary N) is 3. The number of phenolic OH excluding ortho intramolecular Hbond substituents is 1. The fourth-order valence-electron chi connectivity index (χ4n) is 3.49. The Morgan fingerprint density at radius 2 is 1.33 bits per heavy atom. The van der Waals surface area contributed by atoms with Gasteiger partial charge in [-0.3, -0.25) is 24.0 Å². The Labute approximate surface area is 224 Å². The van der Waals surface area contributed by atoms with E-state index in [9.17, 15) is 39.0 Å². The van der Waals surface area contributed by atoms with E-state index in [0.717, 1.165) is 0 Å². The van der Waals surface area contributed by atoms with Gasteiger partial charge >= 0.3 is 11.9 Å². The molecule has 0 spiro atoms. The zero-order chi connectivity index (χ0) is 29.5. The first-order valence-corrected chi connectivity index (χ1v) is 12.2. The van der Waals surface area contributed by atoms with Crippen LogP contribution in [-0.4, -0.2) is 81.6 Å². The maximum absolute atomic E-state index is 13.1. The Kier molecular flexibility index (Phi) is 13.9. The molecule has 15 heteroatoms. The maximum Gasteiger partial charge on any atom is 0.326 e. The van der Waals surface area contributed by atoms with E-state index in [0.29, 0.717) is 18.4 Å². The van der Waals surface area contributed by atoms with Crippen molar-refractivity contribution in [1.29, 1.82) is 0 Å². The number of rotatable bonds is 18. The number of benzene rings is 1. The van der Waals surface area contributed by atoms with Gasteiger partial charge in [0.05, 0.1) is 12.5 Å². The molecule has 4 unspecified atom stereocenters. The zero-order valence-electron chi connectivity index (χ0n) is 21.3. The molecule has 12 N–H and O–H groups in total. The minimum atomic E-state index is -1.74. The molecule has 0 bridgehead atoms. The molecular formula is C24H36N6O9. The van der Waals surface area contributed by atoms with Crippen LogP contribution in [0.25, 0.3) is 0 Å². The van der Waals surface area contributed by atoms with Crippen molar-refractivity contribution in [1.82, 2.24) is 16.0 Å². The van der Waals surface area contributed by atoms with E-state index in [1.165, 1.54) is 12.1 Å². The Bertz CT molecular complexity index is 1020. The maximum atomic E-state index is 13.1. The lowest BCUT2D eigenvalue weighted by Gasteiger charge is -2.25. The first kappa shape index (κ1) is 32.8. The van der Waals surface area contributed by atoms with Crippen LogP contribution in [0, 0.1) is 0 Å². The number of aliphatic carboxylic acids is 2. The standard InChI is InChI=1S/C24H36N6O9/c25-10-2-1-3-16(22(36)30-18(24(38)39)12-20(33)34)29-23(37)17(8-9-19(27)32)28-21(35)15(26)11-13-4-6-14(31)7-5-13/h4-7,15-18,31H,1-3,8-12,25-26H2,(H2,27,32)(H,28,35)(H,29,37)(H,30,36)(H,33,34)(H,38,39). The zero-order valence-corrected chi connectivity index (χ0v) is 21.3. The average Bonchev–Trinajstić information content (AvgIpc) is 2.86. The van der Waals surface area contributed by atoms with Crippen molar-refractivity contribution in [3.63, 3.8) is 0 Å². The molecule has 1 rings (SSSR count). The summed E-state index contributed by atoms with van der Waals surface area (Å²) >= 11 is 0. The summed E-state index contributed by atoms with van der Waals surface area (Å²) in [5.41, 5.74) is 17.3. The van der Waals surface area contributed by atoms with Crippen LogP contribution < -0.4 is 33.2 Å². The molecule has 0 saturated carbocycles. The van der Waals surface area contributed by atoms with E-state index >= 15 is 0 Å². The third-order valence-corrected chi connectivity index (χ3v) is 5.61. The molecule has 0 aliphatic heterocycles. The van der Waals surface area contributed by atoms with E-state index in [1.54, 1.807) is 12.1 Å². The number of phenols is 1. The van der Waals surface area contributed by atoms with Gasteiger partial charge in [-0.2, -0.15) is 0 Å². The third-order valence-electron chi connectivity index (χ3n) is 5.61. The monoisotopic (exact) mass is 552 g/mol. The van der Waals surface area contributed by atoms with E-state index in [4.69, 9.17) is 22.3 Å². The Hall–Kier alpha value is -4.24. The summed E-state index contributed by atoms with van der Waals surface area (Å²) < 4.78 is 0. The van der Waals surface area contributed by atoms with Gasteiger partial charge in [0, 0.05) is 6.42 Å². The normalized spacial score (nSPS) is 13.8. The first-order valence-electron chi connectivity index (χ1n) is 12.2. The summed E-state index contributed by atoms with van der Waals surface area (Å²) in [7, 11) is 0. The molecule has 0 heterocycles. The second-order valence-electron chi connectivity index (χ2n) is 8.89. The van der Waals surface area contributed by atoms with Crippen LogP contribution in [0.15, 0.2) is 24.3 Å². The van der Waals surface area contributed by atoms with Crippen molar-refractivity contribution in [3.05, 3.63) is 29.8 Å². The summed E-state index contributed by atoms with van der Waals surface area (Å²) in [4.78, 5) is 72.3. The highest BCUT2D eigenvalue weighted by Gasteiger charge is 2.31. The second-order valence-corrected chi connectivity index (χ2v) is 8.89. The highest BCUT2D eigenvalue weighted by Crippen LogP contribution is 2.11. The van der Waals surface area contributed by atoms with Gasteiger partial charge < -0.3 is 48.5 Å². The summed E-state index contributed by atoms with van der Waals surface area (Å²) in [6.45, 7) is 0.287. The van der Waals surface area contributed by atoms with E-state index in [1.807, 2.05) is 0 Å². The van der Waals surface area contributed by atoms with Crippen LogP contribution in [0.4, 0.5) is 0 Å². The van der Waals surface area contributed by atoms with Gasteiger partial charge in [-0.05, 0) is 56.3 Å². The molecule has 0 saturated heterocycles. The number of hydrogen-bond acceptors (Lipinski definition) is 9. The van der Waals surface area contributed by atoms with Crippen molar-refractivity contribution < 1.29 is 44.1 Å².